The molecule has 1 aliphatic carbocycles. The first-order valence-corrected chi connectivity index (χ1v) is 9.13. The van der Waals surface area contributed by atoms with E-state index in [0.29, 0.717) is 5.69 Å². The van der Waals surface area contributed by atoms with E-state index in [1.54, 1.807) is 0 Å². The summed E-state index contributed by atoms with van der Waals surface area (Å²) in [7, 11) is -3.08. The maximum absolute atomic E-state index is 12.1. The van der Waals surface area contributed by atoms with Crippen LogP contribution in [0.4, 0.5) is 18.9 Å². The molecule has 0 bridgehead atoms. The SMILES string of the molecule is CS(=O)(=O)CC1(CN=C(N)Nc2ccc(OC(F)(F)F)cc2)CC1. The molecule has 0 heterocycles. The van der Waals surface area contributed by atoms with Crippen LogP contribution in [0.5, 0.6) is 5.75 Å². The van der Waals surface area contributed by atoms with E-state index in [1.807, 2.05) is 0 Å². The topological polar surface area (TPSA) is 93.8 Å². The molecule has 1 aliphatic rings. The van der Waals surface area contributed by atoms with Crippen molar-refractivity contribution in [2.75, 3.05) is 23.9 Å². The van der Waals surface area contributed by atoms with E-state index in [9.17, 15) is 21.6 Å². The molecule has 0 unspecified atom stereocenters. The van der Waals surface area contributed by atoms with Crippen molar-refractivity contribution < 1.29 is 26.3 Å². The van der Waals surface area contributed by atoms with Crippen molar-refractivity contribution >= 4 is 21.5 Å². The maximum atomic E-state index is 12.1. The Bertz CT molecular complexity index is 711. The molecular weight excluding hydrogens is 347 g/mol. The van der Waals surface area contributed by atoms with Gasteiger partial charge in [0.05, 0.1) is 5.75 Å². The summed E-state index contributed by atoms with van der Waals surface area (Å²) < 4.78 is 62.7. The molecule has 1 saturated carbocycles. The van der Waals surface area contributed by atoms with Crippen molar-refractivity contribution in [3.63, 3.8) is 0 Å². The van der Waals surface area contributed by atoms with Gasteiger partial charge in [-0.25, -0.2) is 8.42 Å². The van der Waals surface area contributed by atoms with Crippen LogP contribution in [-0.2, 0) is 9.84 Å². The molecule has 0 spiro atoms. The Hall–Kier alpha value is -1.97. The first kappa shape index (κ1) is 18.4. The van der Waals surface area contributed by atoms with Crippen molar-refractivity contribution in [2.45, 2.75) is 19.2 Å². The quantitative estimate of drug-likeness (QED) is 0.595. The number of nitrogens with zero attached hydrogens (tertiary/aromatic N) is 1. The van der Waals surface area contributed by atoms with E-state index >= 15 is 0 Å². The number of nitrogens with two attached hydrogens (primary N) is 1. The molecule has 0 aliphatic heterocycles. The lowest BCUT2D eigenvalue weighted by Crippen LogP contribution is -2.26. The van der Waals surface area contributed by atoms with Crippen LogP contribution in [0.1, 0.15) is 12.8 Å². The Kier molecular flexibility index (Phi) is 4.97. The Morgan fingerprint density at radius 2 is 1.92 bits per heavy atom. The number of nitrogens with one attached hydrogen (secondary N) is 1. The molecule has 2 rings (SSSR count). The summed E-state index contributed by atoms with van der Waals surface area (Å²) in [5.74, 6) is -0.201. The first-order chi connectivity index (χ1) is 11.0. The van der Waals surface area contributed by atoms with Crippen LogP contribution in [0.3, 0.4) is 0 Å². The molecule has 0 amide bonds. The number of hydrogen-bond donors (Lipinski definition) is 2. The molecule has 0 radical (unpaired) electrons. The van der Waals surface area contributed by atoms with Crippen LogP contribution in [0.15, 0.2) is 29.3 Å². The number of hydrogen-bond acceptors (Lipinski definition) is 4. The molecule has 134 valence electrons. The summed E-state index contributed by atoms with van der Waals surface area (Å²) in [6.45, 7) is 0.286. The molecule has 1 fully saturated rings. The van der Waals surface area contributed by atoms with E-state index in [4.69, 9.17) is 5.73 Å². The van der Waals surface area contributed by atoms with Crippen LogP contribution >= 0.6 is 0 Å². The van der Waals surface area contributed by atoms with E-state index in [2.05, 4.69) is 15.0 Å². The summed E-state index contributed by atoms with van der Waals surface area (Å²) in [5, 5.41) is 2.74. The highest BCUT2D eigenvalue weighted by Crippen LogP contribution is 2.46. The number of sulfone groups is 1. The minimum absolute atomic E-state index is 0.0688. The Morgan fingerprint density at radius 3 is 2.38 bits per heavy atom. The fourth-order valence-electron chi connectivity index (χ4n) is 2.26. The van der Waals surface area contributed by atoms with E-state index in [-0.39, 0.29) is 29.4 Å². The number of halogens is 3. The molecule has 3 N–H and O–H groups in total. The predicted molar refractivity (Wildman–Crippen MR) is 84.6 cm³/mol. The molecule has 1 aromatic carbocycles. The highest BCUT2D eigenvalue weighted by molar-refractivity contribution is 7.90. The Morgan fingerprint density at radius 1 is 1.33 bits per heavy atom. The maximum Gasteiger partial charge on any atom is 0.573 e. The fourth-order valence-corrected chi connectivity index (χ4v) is 3.75. The van der Waals surface area contributed by atoms with E-state index in [1.165, 1.54) is 18.4 Å². The monoisotopic (exact) mass is 365 g/mol. The summed E-state index contributed by atoms with van der Waals surface area (Å²) in [4.78, 5) is 4.13. The number of alkyl halides is 3. The van der Waals surface area contributed by atoms with Gasteiger partial charge >= 0.3 is 6.36 Å². The standard InChI is InChI=1S/C14H18F3N3O3S/c1-24(21,22)9-13(6-7-13)8-19-12(18)20-10-2-4-11(5-3-10)23-14(15,16)17/h2-5H,6-9H2,1H3,(H3,18,19,20). The van der Waals surface area contributed by atoms with E-state index < -0.39 is 16.2 Å². The second-order valence-corrected chi connectivity index (χ2v) is 8.11. The fraction of sp³-hybridized carbons (Fsp3) is 0.500. The largest absolute Gasteiger partial charge is 0.573 e. The number of ether oxygens (including phenoxy) is 1. The van der Waals surface area contributed by atoms with Crippen LogP contribution in [0.2, 0.25) is 0 Å². The lowest BCUT2D eigenvalue weighted by molar-refractivity contribution is -0.274. The summed E-state index contributed by atoms with van der Waals surface area (Å²) >= 11 is 0. The highest BCUT2D eigenvalue weighted by atomic mass is 32.2. The number of benzene rings is 1. The van der Waals surface area contributed by atoms with Crippen molar-refractivity contribution in [3.05, 3.63) is 24.3 Å². The molecule has 0 aromatic heterocycles. The van der Waals surface area contributed by atoms with Gasteiger partial charge in [-0.3, -0.25) is 4.99 Å². The molecular formula is C14H18F3N3O3S. The molecule has 1 aromatic rings. The smallest absolute Gasteiger partial charge is 0.406 e. The minimum Gasteiger partial charge on any atom is -0.406 e. The zero-order valence-electron chi connectivity index (χ0n) is 12.9. The number of aliphatic imine (C=N–C) groups is 1. The molecule has 24 heavy (non-hydrogen) atoms. The lowest BCUT2D eigenvalue weighted by Gasteiger charge is -2.12. The average molecular weight is 365 g/mol. The second-order valence-electron chi connectivity index (χ2n) is 5.97. The van der Waals surface area contributed by atoms with Crippen molar-refractivity contribution in [1.82, 2.24) is 0 Å². The van der Waals surface area contributed by atoms with Gasteiger partial charge in [0.15, 0.2) is 5.96 Å². The van der Waals surface area contributed by atoms with Gasteiger partial charge < -0.3 is 15.8 Å². The molecule has 10 heteroatoms. The summed E-state index contributed by atoms with van der Waals surface area (Å²) in [6, 6.07) is 5.03. The third-order valence-electron chi connectivity index (χ3n) is 3.47. The number of guanidine groups is 1. The summed E-state index contributed by atoms with van der Waals surface area (Å²) in [5.41, 5.74) is 5.82. The third-order valence-corrected chi connectivity index (χ3v) is 4.61. The minimum atomic E-state index is -4.74. The average Bonchev–Trinajstić information content (AvgIpc) is 3.15. The summed E-state index contributed by atoms with van der Waals surface area (Å²) in [6.07, 6.45) is -2.00. The van der Waals surface area contributed by atoms with Gasteiger partial charge in [-0.15, -0.1) is 13.2 Å². The normalized spacial score (nSPS) is 17.4. The van der Waals surface area contributed by atoms with Crippen molar-refractivity contribution in [1.29, 1.82) is 0 Å². The number of rotatable bonds is 6. The van der Waals surface area contributed by atoms with E-state index in [0.717, 1.165) is 25.0 Å². The van der Waals surface area contributed by atoms with Gasteiger partial charge in [-0.1, -0.05) is 0 Å². The van der Waals surface area contributed by atoms with Gasteiger partial charge in [-0.2, -0.15) is 0 Å². The first-order valence-electron chi connectivity index (χ1n) is 7.07. The van der Waals surface area contributed by atoms with Gasteiger partial charge in [0.2, 0.25) is 0 Å². The second kappa shape index (κ2) is 6.50. The number of anilines is 1. The molecule has 0 atom stereocenters. The Labute approximate surface area is 137 Å². The third kappa shape index (κ3) is 6.26. The van der Waals surface area contributed by atoms with Gasteiger partial charge in [-0.05, 0) is 37.1 Å². The molecule has 0 saturated heterocycles. The van der Waals surface area contributed by atoms with Gasteiger partial charge in [0.25, 0.3) is 0 Å². The van der Waals surface area contributed by atoms with Crippen LogP contribution < -0.4 is 15.8 Å². The van der Waals surface area contributed by atoms with Gasteiger partial charge in [0, 0.05) is 23.9 Å². The van der Waals surface area contributed by atoms with Crippen LogP contribution in [-0.4, -0.2) is 39.3 Å². The zero-order valence-corrected chi connectivity index (χ0v) is 13.7. The Balaban J connectivity index is 1.91. The molecule has 6 nitrogen and oxygen atoms in total. The van der Waals surface area contributed by atoms with Crippen molar-refractivity contribution in [3.8, 4) is 5.75 Å². The van der Waals surface area contributed by atoms with Gasteiger partial charge in [0.1, 0.15) is 15.6 Å². The van der Waals surface area contributed by atoms with Crippen LogP contribution in [0, 0.1) is 5.41 Å². The van der Waals surface area contributed by atoms with Crippen molar-refractivity contribution in [2.24, 2.45) is 16.1 Å². The predicted octanol–water partition coefficient (Wildman–Crippen LogP) is 2.14. The zero-order chi connectivity index (χ0) is 18.0. The lowest BCUT2D eigenvalue weighted by atomic mass is 10.1. The van der Waals surface area contributed by atoms with Crippen LogP contribution in [0.25, 0.3) is 0 Å². The highest BCUT2D eigenvalue weighted by Gasteiger charge is 2.45.